The van der Waals surface area contributed by atoms with Crippen molar-refractivity contribution in [3.05, 3.63) is 125 Å². The summed E-state index contributed by atoms with van der Waals surface area (Å²) >= 11 is 0. The Hall–Kier alpha value is -4.10. The zero-order valence-corrected chi connectivity index (χ0v) is 24.5. The molecule has 7 heteroatoms. The fourth-order valence-electron chi connectivity index (χ4n) is 3.38. The molecule has 0 aliphatic rings. The molecular formula is C34H46O7. The van der Waals surface area contributed by atoms with Crippen molar-refractivity contribution in [2.45, 2.75) is 25.7 Å². The van der Waals surface area contributed by atoms with Crippen LogP contribution in [0.1, 0.15) is 25.7 Å². The third kappa shape index (κ3) is 15.3. The van der Waals surface area contributed by atoms with Crippen LogP contribution in [0.25, 0.3) is 0 Å². The molecule has 0 bridgehead atoms. The lowest BCUT2D eigenvalue weighted by Gasteiger charge is -2.37. The molecule has 0 spiro atoms. The topological polar surface area (TPSA) is 80.3 Å². The van der Waals surface area contributed by atoms with Crippen LogP contribution in [0.2, 0.25) is 0 Å². The van der Waals surface area contributed by atoms with E-state index in [1.165, 1.54) is 24.3 Å². The number of esters is 1. The molecule has 0 aliphatic carbocycles. The first-order valence-corrected chi connectivity index (χ1v) is 13.1. The maximum atomic E-state index is 12.2. The minimum absolute atomic E-state index is 0.0422. The summed E-state index contributed by atoms with van der Waals surface area (Å²) in [5.74, 6) is 0.326. The number of hydrogen-bond acceptors (Lipinski definition) is 7. The van der Waals surface area contributed by atoms with Gasteiger partial charge in [0.15, 0.2) is 5.78 Å². The number of hydrogen-bond donors (Lipinski definition) is 0. The van der Waals surface area contributed by atoms with Crippen LogP contribution in [0.4, 0.5) is 0 Å². The molecule has 1 unspecified atom stereocenters. The Kier molecular flexibility index (Phi) is 17.9. The summed E-state index contributed by atoms with van der Waals surface area (Å²) in [6.07, 6.45) is 10.1. The lowest BCUT2D eigenvalue weighted by molar-refractivity contribution is -0.147. The molecule has 0 amide bonds. The highest BCUT2D eigenvalue weighted by molar-refractivity contribution is 5.89. The summed E-state index contributed by atoms with van der Waals surface area (Å²) in [5.41, 5.74) is -0.781. The van der Waals surface area contributed by atoms with Gasteiger partial charge in [-0.15, -0.1) is 0 Å². The lowest BCUT2D eigenvalue weighted by Crippen LogP contribution is -2.42. The largest absolute Gasteiger partial charge is 0.493 e. The first kappa shape index (κ1) is 36.9. The van der Waals surface area contributed by atoms with Gasteiger partial charge in [0.1, 0.15) is 23.9 Å². The number of rotatable bonds is 27. The van der Waals surface area contributed by atoms with Gasteiger partial charge in [0, 0.05) is 12.5 Å². The van der Waals surface area contributed by atoms with Crippen LogP contribution in [0.3, 0.4) is 0 Å². The Labute approximate surface area is 246 Å². The summed E-state index contributed by atoms with van der Waals surface area (Å²) in [6, 6.07) is 0. The monoisotopic (exact) mass is 566 g/mol. The summed E-state index contributed by atoms with van der Waals surface area (Å²) in [7, 11) is 0. The zero-order valence-electron chi connectivity index (χ0n) is 24.5. The smallest absolute Gasteiger partial charge is 0.330 e. The van der Waals surface area contributed by atoms with Crippen LogP contribution < -0.4 is 0 Å². The lowest BCUT2D eigenvalue weighted by atomic mass is 9.83. The molecule has 0 aromatic carbocycles. The van der Waals surface area contributed by atoms with Gasteiger partial charge in [0.2, 0.25) is 0 Å². The Morgan fingerprint density at radius 2 is 0.927 bits per heavy atom. The van der Waals surface area contributed by atoms with Crippen molar-refractivity contribution in [3.8, 4) is 0 Å². The number of carbonyl (C=O) groups is 2. The Balaban J connectivity index is 6.30. The quantitative estimate of drug-likeness (QED) is 0.0462. The normalized spacial score (nSPS) is 11.9. The second kappa shape index (κ2) is 19.9. The van der Waals surface area contributed by atoms with Crippen LogP contribution in [-0.2, 0) is 33.3 Å². The van der Waals surface area contributed by atoms with Gasteiger partial charge in [-0.3, -0.25) is 4.79 Å². The van der Waals surface area contributed by atoms with Gasteiger partial charge in [0.05, 0.1) is 43.9 Å². The predicted molar refractivity (Wildman–Crippen MR) is 166 cm³/mol. The number of carbonyl (C=O) groups excluding carboxylic acids is 2. The van der Waals surface area contributed by atoms with Gasteiger partial charge in [-0.25, -0.2) is 4.79 Å². The summed E-state index contributed by atoms with van der Waals surface area (Å²) in [5, 5.41) is 0. The highest BCUT2D eigenvalue weighted by Crippen LogP contribution is 2.33. The van der Waals surface area contributed by atoms with Crippen molar-refractivity contribution in [1.29, 1.82) is 0 Å². The van der Waals surface area contributed by atoms with E-state index in [4.69, 9.17) is 23.7 Å². The fourth-order valence-corrected chi connectivity index (χ4v) is 3.38. The molecule has 224 valence electrons. The second-order valence-electron chi connectivity index (χ2n) is 9.71. The maximum absolute atomic E-state index is 12.2. The van der Waals surface area contributed by atoms with E-state index in [2.05, 4.69) is 65.8 Å². The van der Waals surface area contributed by atoms with Gasteiger partial charge in [-0.1, -0.05) is 77.4 Å². The highest BCUT2D eigenvalue weighted by atomic mass is 16.5. The number of ketones is 1. The minimum Gasteiger partial charge on any atom is -0.493 e. The highest BCUT2D eigenvalue weighted by Gasteiger charge is 2.38. The standard InChI is InChI=1S/C34H46O7/c1-11-27(7)17-19-33(23-38-28(8)12-2,24-39-29(9)13-3)21-37-22-34(20-18-31(35)15-5,25-40-30(10)14-4)26-41-32(36)16-6/h11-16H,1-10,17-26H2. The first-order chi connectivity index (χ1) is 19.4. The van der Waals surface area contributed by atoms with E-state index in [0.717, 1.165) is 11.6 Å². The van der Waals surface area contributed by atoms with Crippen molar-refractivity contribution in [3.63, 3.8) is 0 Å². The minimum atomic E-state index is -0.920. The van der Waals surface area contributed by atoms with Gasteiger partial charge in [-0.05, 0) is 43.6 Å². The molecule has 0 N–H and O–H groups in total. The third-order valence-corrected chi connectivity index (χ3v) is 6.27. The molecule has 0 saturated heterocycles. The number of allylic oxidation sites excluding steroid dienone is 6. The van der Waals surface area contributed by atoms with Crippen LogP contribution >= 0.6 is 0 Å². The third-order valence-electron chi connectivity index (χ3n) is 6.27. The van der Waals surface area contributed by atoms with E-state index >= 15 is 0 Å². The van der Waals surface area contributed by atoms with Crippen molar-refractivity contribution in [2.24, 2.45) is 10.8 Å². The molecule has 0 saturated carbocycles. The molecule has 0 heterocycles. The number of ether oxygens (including phenoxy) is 5. The van der Waals surface area contributed by atoms with E-state index < -0.39 is 16.8 Å². The molecule has 0 radical (unpaired) electrons. The fraction of sp³-hybridized carbons (Fsp3) is 0.353. The Morgan fingerprint density at radius 1 is 0.512 bits per heavy atom. The van der Waals surface area contributed by atoms with Crippen molar-refractivity contribution in [2.75, 3.05) is 39.6 Å². The molecule has 0 aromatic heterocycles. The molecule has 0 rings (SSSR count). The zero-order chi connectivity index (χ0) is 31.3. The van der Waals surface area contributed by atoms with E-state index in [1.807, 2.05) is 0 Å². The summed E-state index contributed by atoms with van der Waals surface area (Å²) in [6.45, 7) is 37.9. The van der Waals surface area contributed by atoms with Gasteiger partial charge in [-0.2, -0.15) is 0 Å². The molecule has 41 heavy (non-hydrogen) atoms. The molecular weight excluding hydrogens is 520 g/mol. The summed E-state index contributed by atoms with van der Waals surface area (Å²) in [4.78, 5) is 24.2. The van der Waals surface area contributed by atoms with E-state index in [9.17, 15) is 9.59 Å². The maximum Gasteiger partial charge on any atom is 0.330 e. The predicted octanol–water partition coefficient (Wildman–Crippen LogP) is 6.91. The summed E-state index contributed by atoms with van der Waals surface area (Å²) < 4.78 is 29.3. The molecule has 1 atom stereocenters. The van der Waals surface area contributed by atoms with Crippen LogP contribution in [0.5, 0.6) is 0 Å². The molecule has 0 aliphatic heterocycles. The second-order valence-corrected chi connectivity index (χ2v) is 9.71. The van der Waals surface area contributed by atoms with E-state index in [-0.39, 0.29) is 58.3 Å². The molecule has 0 fully saturated rings. The SMILES string of the molecule is C=CC(=C)CCC(COCC(CCC(=O)C=C)(COC(=C)C=C)COC(=O)C=C)(COC(=C)C=C)COC(=C)C=C. The first-order valence-electron chi connectivity index (χ1n) is 13.1. The van der Waals surface area contributed by atoms with E-state index in [1.54, 1.807) is 6.08 Å². The van der Waals surface area contributed by atoms with Gasteiger partial charge in [0.25, 0.3) is 0 Å². The van der Waals surface area contributed by atoms with Gasteiger partial charge < -0.3 is 23.7 Å². The van der Waals surface area contributed by atoms with Crippen molar-refractivity contribution in [1.82, 2.24) is 0 Å². The average molecular weight is 567 g/mol. The van der Waals surface area contributed by atoms with Crippen LogP contribution in [0, 0.1) is 10.8 Å². The van der Waals surface area contributed by atoms with Crippen molar-refractivity contribution < 1.29 is 33.3 Å². The molecule has 0 aromatic rings. The van der Waals surface area contributed by atoms with Crippen LogP contribution in [-0.4, -0.2) is 51.4 Å². The molecule has 7 nitrogen and oxygen atoms in total. The van der Waals surface area contributed by atoms with Gasteiger partial charge >= 0.3 is 5.97 Å². The van der Waals surface area contributed by atoms with Crippen LogP contribution in [0.15, 0.2) is 125 Å². The Morgan fingerprint density at radius 3 is 1.29 bits per heavy atom. The average Bonchev–Trinajstić information content (AvgIpc) is 3.00. The Bertz CT molecular complexity index is 814. The van der Waals surface area contributed by atoms with E-state index in [0.29, 0.717) is 30.1 Å². The van der Waals surface area contributed by atoms with Crippen molar-refractivity contribution >= 4 is 11.8 Å².